The highest BCUT2D eigenvalue weighted by Gasteiger charge is 2.42. The lowest BCUT2D eigenvalue weighted by atomic mass is 9.84. The fourth-order valence-electron chi connectivity index (χ4n) is 4.87. The molecule has 0 heterocycles. The molecular weight excluding hydrogens is 387 g/mol. The summed E-state index contributed by atoms with van der Waals surface area (Å²) in [5.41, 5.74) is 0.543. The van der Waals surface area contributed by atoms with E-state index in [2.05, 4.69) is 0 Å². The van der Waals surface area contributed by atoms with Gasteiger partial charge in [-0.15, -0.1) is 0 Å². The van der Waals surface area contributed by atoms with Crippen molar-refractivity contribution in [3.8, 4) is 0 Å². The van der Waals surface area contributed by atoms with E-state index in [4.69, 9.17) is 0 Å². The van der Waals surface area contributed by atoms with E-state index in [0.29, 0.717) is 17.9 Å². The minimum Gasteiger partial charge on any atom is -0.313 e. The van der Waals surface area contributed by atoms with Crippen molar-refractivity contribution in [1.82, 2.24) is 0 Å². The van der Waals surface area contributed by atoms with Crippen LogP contribution in [0.5, 0.6) is 0 Å². The zero-order valence-corrected chi connectivity index (χ0v) is 18.2. The van der Waals surface area contributed by atoms with Gasteiger partial charge >= 0.3 is 0 Å². The first-order chi connectivity index (χ1) is 14.7. The highest BCUT2D eigenvalue weighted by Crippen LogP contribution is 2.55. The molecule has 30 heavy (non-hydrogen) atoms. The maximum Gasteiger partial charge on any atom is 0.163 e. The molecule has 1 saturated carbocycles. The molecule has 0 radical (unpaired) electrons. The van der Waals surface area contributed by atoms with Gasteiger partial charge in [-0.1, -0.05) is 110 Å². The second-order valence-electron chi connectivity index (χ2n) is 8.29. The Balaban J connectivity index is 1.81. The molecule has 0 spiro atoms. The van der Waals surface area contributed by atoms with E-state index in [1.54, 1.807) is 0 Å². The Morgan fingerprint density at radius 3 is 1.70 bits per heavy atom. The van der Waals surface area contributed by atoms with Crippen molar-refractivity contribution in [3.05, 3.63) is 96.6 Å². The van der Waals surface area contributed by atoms with Crippen LogP contribution in [0.25, 0.3) is 0 Å². The predicted molar refractivity (Wildman–Crippen MR) is 126 cm³/mol. The second-order valence-corrected chi connectivity index (χ2v) is 11.3. The highest BCUT2D eigenvalue weighted by atomic mass is 31.2. The van der Waals surface area contributed by atoms with Gasteiger partial charge in [-0.3, -0.25) is 4.79 Å². The quantitative estimate of drug-likeness (QED) is 0.338. The third kappa shape index (κ3) is 4.35. The van der Waals surface area contributed by atoms with Crippen LogP contribution in [0, 0.1) is 5.92 Å². The summed E-state index contributed by atoms with van der Waals surface area (Å²) >= 11 is 0. The van der Waals surface area contributed by atoms with E-state index in [0.717, 1.165) is 36.3 Å². The Labute approximate surface area is 179 Å². The summed E-state index contributed by atoms with van der Waals surface area (Å²) < 4.78 is 15.0. The van der Waals surface area contributed by atoms with Gasteiger partial charge in [0.25, 0.3) is 0 Å². The first-order valence-corrected chi connectivity index (χ1v) is 12.8. The maximum absolute atomic E-state index is 15.0. The number of benzene rings is 3. The van der Waals surface area contributed by atoms with Crippen molar-refractivity contribution in [2.75, 3.05) is 0 Å². The molecule has 0 saturated heterocycles. The number of carbonyl (C=O) groups is 1. The first-order valence-electron chi connectivity index (χ1n) is 11.0. The summed E-state index contributed by atoms with van der Waals surface area (Å²) in [7, 11) is -3.00. The van der Waals surface area contributed by atoms with Gasteiger partial charge in [-0.2, -0.15) is 0 Å². The minimum absolute atomic E-state index is 0.0956. The highest BCUT2D eigenvalue weighted by molar-refractivity contribution is 7.79. The molecule has 0 amide bonds. The van der Waals surface area contributed by atoms with Gasteiger partial charge in [0.15, 0.2) is 5.78 Å². The summed E-state index contributed by atoms with van der Waals surface area (Å²) in [6.07, 6.45) is 5.98. The largest absolute Gasteiger partial charge is 0.313 e. The van der Waals surface area contributed by atoms with Gasteiger partial charge in [0.1, 0.15) is 7.14 Å². The van der Waals surface area contributed by atoms with Crippen molar-refractivity contribution >= 4 is 23.5 Å². The number of ketones is 1. The van der Waals surface area contributed by atoms with Crippen molar-refractivity contribution in [1.29, 1.82) is 0 Å². The lowest BCUT2D eigenvalue weighted by molar-refractivity contribution is 0.0971. The lowest BCUT2D eigenvalue weighted by Crippen LogP contribution is -2.34. The van der Waals surface area contributed by atoms with E-state index in [-0.39, 0.29) is 11.4 Å². The first kappa shape index (κ1) is 20.8. The summed E-state index contributed by atoms with van der Waals surface area (Å²) in [6.45, 7) is 0. The van der Waals surface area contributed by atoms with E-state index in [1.807, 2.05) is 91.0 Å². The second kappa shape index (κ2) is 9.58. The molecule has 0 unspecified atom stereocenters. The Hall–Kier alpha value is -2.44. The molecule has 1 aliphatic rings. The molecule has 0 aromatic heterocycles. The molecule has 0 N–H and O–H groups in total. The summed E-state index contributed by atoms with van der Waals surface area (Å²) in [5, 5.41) is 1.74. The monoisotopic (exact) mass is 416 g/mol. The summed E-state index contributed by atoms with van der Waals surface area (Å²) in [5.74, 6) is 0.399. The number of Topliss-reactive ketones (excluding diaryl/α,β-unsaturated/α-hetero) is 1. The van der Waals surface area contributed by atoms with Crippen molar-refractivity contribution in [2.45, 2.75) is 44.2 Å². The van der Waals surface area contributed by atoms with Gasteiger partial charge < -0.3 is 4.57 Å². The third-order valence-electron chi connectivity index (χ3n) is 6.43. The molecule has 1 atom stereocenters. The SMILES string of the molecule is O=C(C[C@H](C1CCCCC1)P(=O)(c1ccccc1)c1ccccc1)c1ccccc1. The minimum atomic E-state index is -3.00. The smallest absolute Gasteiger partial charge is 0.163 e. The van der Waals surface area contributed by atoms with Gasteiger partial charge in [0.2, 0.25) is 0 Å². The zero-order chi connectivity index (χ0) is 20.8. The molecule has 3 aromatic rings. The van der Waals surface area contributed by atoms with Crippen LogP contribution in [0.15, 0.2) is 91.0 Å². The van der Waals surface area contributed by atoms with Crippen LogP contribution in [0.4, 0.5) is 0 Å². The van der Waals surface area contributed by atoms with Crippen LogP contribution in [0.1, 0.15) is 48.9 Å². The lowest BCUT2D eigenvalue weighted by Gasteiger charge is -2.36. The Bertz CT molecular complexity index is 949. The molecule has 4 rings (SSSR count). The zero-order valence-electron chi connectivity index (χ0n) is 17.3. The van der Waals surface area contributed by atoms with E-state index in [1.165, 1.54) is 6.42 Å². The molecule has 3 heteroatoms. The molecule has 154 valence electrons. The van der Waals surface area contributed by atoms with Crippen LogP contribution in [-0.2, 0) is 4.57 Å². The van der Waals surface area contributed by atoms with Crippen molar-refractivity contribution in [2.24, 2.45) is 5.92 Å². The van der Waals surface area contributed by atoms with Crippen LogP contribution in [-0.4, -0.2) is 11.4 Å². The number of hydrogen-bond donors (Lipinski definition) is 0. The predicted octanol–water partition coefficient (Wildman–Crippen LogP) is 6.22. The van der Waals surface area contributed by atoms with Crippen LogP contribution in [0.3, 0.4) is 0 Å². The van der Waals surface area contributed by atoms with Gasteiger partial charge in [0, 0.05) is 28.3 Å². The number of hydrogen-bond acceptors (Lipinski definition) is 2. The third-order valence-corrected chi connectivity index (χ3v) is 10.1. The molecule has 0 aliphatic heterocycles. The molecular formula is C27H29O2P. The maximum atomic E-state index is 15.0. The standard InChI is InChI=1S/C27H29O2P/c28-26(22-13-5-1-6-14-22)21-27(23-15-7-2-8-16-23)30(29,24-17-9-3-10-18-24)25-19-11-4-12-20-25/h1,3-6,9-14,17-20,23,27H,2,7-8,15-16,21H2/t27-/m1/s1. The average molecular weight is 417 g/mol. The van der Waals surface area contributed by atoms with Crippen molar-refractivity contribution in [3.63, 3.8) is 0 Å². The summed E-state index contributed by atoms with van der Waals surface area (Å²) in [4.78, 5) is 13.3. The van der Waals surface area contributed by atoms with Gasteiger partial charge in [0.05, 0.1) is 0 Å². The molecule has 3 aromatic carbocycles. The van der Waals surface area contributed by atoms with Crippen molar-refractivity contribution < 1.29 is 9.36 Å². The molecule has 0 bridgehead atoms. The van der Waals surface area contributed by atoms with Crippen LogP contribution >= 0.6 is 7.14 Å². The fraction of sp³-hybridized carbons (Fsp3) is 0.296. The number of rotatable bonds is 7. The summed E-state index contributed by atoms with van der Waals surface area (Å²) in [6, 6.07) is 29.2. The van der Waals surface area contributed by atoms with Crippen LogP contribution < -0.4 is 10.6 Å². The Morgan fingerprint density at radius 1 is 0.733 bits per heavy atom. The van der Waals surface area contributed by atoms with Crippen LogP contribution in [0.2, 0.25) is 0 Å². The normalized spacial score (nSPS) is 16.1. The van der Waals surface area contributed by atoms with Gasteiger partial charge in [-0.05, 0) is 18.8 Å². The Morgan fingerprint density at radius 2 is 1.20 bits per heavy atom. The van der Waals surface area contributed by atoms with Gasteiger partial charge in [-0.25, -0.2) is 0 Å². The Kier molecular flexibility index (Phi) is 6.65. The fourth-order valence-corrected chi connectivity index (χ4v) is 8.48. The number of carbonyl (C=O) groups excluding carboxylic acids is 1. The topological polar surface area (TPSA) is 34.1 Å². The molecule has 1 aliphatic carbocycles. The molecule has 1 fully saturated rings. The average Bonchev–Trinajstić information content (AvgIpc) is 2.84. The van der Waals surface area contributed by atoms with E-state index < -0.39 is 7.14 Å². The molecule has 2 nitrogen and oxygen atoms in total. The van der Waals surface area contributed by atoms with E-state index in [9.17, 15) is 4.79 Å². The van der Waals surface area contributed by atoms with E-state index >= 15 is 4.57 Å².